The minimum absolute atomic E-state index is 0.668. The zero-order chi connectivity index (χ0) is 80.9. The van der Waals surface area contributed by atoms with Crippen molar-refractivity contribution in [2.45, 2.75) is 592 Å². The largest absolute Gasteiger partial charge is 0.103 e. The van der Waals surface area contributed by atoms with E-state index in [1.807, 2.05) is 0 Å². The first-order valence-electron chi connectivity index (χ1n) is 52.8. The summed E-state index contributed by atoms with van der Waals surface area (Å²) in [5.74, 6) is 4.96. The molecule has 0 aromatic rings. The van der Waals surface area contributed by atoms with E-state index in [0.29, 0.717) is 5.92 Å². The van der Waals surface area contributed by atoms with Crippen LogP contribution in [0.1, 0.15) is 592 Å². The van der Waals surface area contributed by atoms with Gasteiger partial charge in [0.05, 0.1) is 0 Å². The van der Waals surface area contributed by atoms with Gasteiger partial charge in [0.15, 0.2) is 0 Å². The van der Waals surface area contributed by atoms with Crippen LogP contribution >= 0.6 is 0 Å². The van der Waals surface area contributed by atoms with Gasteiger partial charge in [-0.05, 0) is 152 Å². The Balaban J connectivity index is 7.65. The molecule has 0 bridgehead atoms. The normalized spacial score (nSPS) is 13.3. The van der Waals surface area contributed by atoms with E-state index in [2.05, 4.69) is 89.8 Å². The van der Waals surface area contributed by atoms with Gasteiger partial charge in [-0.1, -0.05) is 518 Å². The van der Waals surface area contributed by atoms with Gasteiger partial charge in [-0.3, -0.25) is 0 Å². The van der Waals surface area contributed by atoms with Crippen molar-refractivity contribution in [1.29, 1.82) is 0 Å². The van der Waals surface area contributed by atoms with Gasteiger partial charge in [0.1, 0.15) is 0 Å². The molecule has 0 amide bonds. The van der Waals surface area contributed by atoms with E-state index >= 15 is 0 Å². The average molecular weight is 1560 g/mol. The van der Waals surface area contributed by atoms with E-state index in [0.717, 1.165) is 29.6 Å². The van der Waals surface area contributed by atoms with Crippen molar-refractivity contribution < 1.29 is 0 Å². The maximum absolute atomic E-state index is 4.99. The summed E-state index contributed by atoms with van der Waals surface area (Å²) in [5.41, 5.74) is 1.36. The third-order valence-electron chi connectivity index (χ3n) is 27.2. The summed E-state index contributed by atoms with van der Waals surface area (Å²) in [6, 6.07) is 0. The van der Waals surface area contributed by atoms with Crippen LogP contribution in [0.3, 0.4) is 0 Å². The van der Waals surface area contributed by atoms with E-state index in [1.54, 1.807) is 0 Å². The molecule has 112 heavy (non-hydrogen) atoms. The van der Waals surface area contributed by atoms with Crippen molar-refractivity contribution in [3.8, 4) is 0 Å². The molecule has 0 spiro atoms. The Morgan fingerprint density at radius 1 is 0.188 bits per heavy atom. The highest BCUT2D eigenvalue weighted by atomic mass is 14.4. The molecule has 660 valence electrons. The standard InChI is InChI=1S/C112H212/c1-10-17-23-29-35-40-45-50-55-62-69-76-84-91-99-107(16-7)109(102-94-86-78-71-64-56-51-46-41-36-30-24-18-11-2)111(104-96-88-80-73-66-58-53-48-43-38-32-26-20-13-4)112(105-97-89-81-74-67-59-54-49-44-39-33-27-21-14-5)110(103-95-87-79-72-65-57-52-47-42-37-31-25-19-12-3)108(100-92-83-34-28-22-15-6)101-93-85-77-70-63-60-61-68-75-82-90-98-106(8)9/h10-14,16,107-112H,1-5,7-8,15,17-105H2,6,9H3. The van der Waals surface area contributed by atoms with Crippen LogP contribution in [0.15, 0.2) is 88.1 Å². The van der Waals surface area contributed by atoms with Gasteiger partial charge in [0, 0.05) is 0 Å². The number of unbranched alkanes of at least 4 members (excludes halogenated alkanes) is 75. The fraction of sp³-hybridized carbons (Fsp3) is 0.875. The summed E-state index contributed by atoms with van der Waals surface area (Å²) in [5, 5.41) is 0. The molecule has 0 rings (SSSR count). The predicted molar refractivity (Wildman–Crippen MR) is 518 cm³/mol. The number of hydrogen-bond acceptors (Lipinski definition) is 0. The molecule has 0 saturated carbocycles. The first-order chi connectivity index (χ1) is 55.4. The zero-order valence-electron chi connectivity index (χ0n) is 78.0. The van der Waals surface area contributed by atoms with Gasteiger partial charge >= 0.3 is 0 Å². The van der Waals surface area contributed by atoms with Crippen LogP contribution in [0.5, 0.6) is 0 Å². The molecule has 0 radical (unpaired) electrons. The highest BCUT2D eigenvalue weighted by Gasteiger charge is 2.39. The Hall–Kier alpha value is -1.82. The maximum atomic E-state index is 4.99. The second kappa shape index (κ2) is 96.3. The molecule has 0 aromatic carbocycles. The monoisotopic (exact) mass is 1560 g/mol. The van der Waals surface area contributed by atoms with E-state index in [-0.39, 0.29) is 0 Å². The fourth-order valence-corrected chi connectivity index (χ4v) is 19.9. The zero-order valence-corrected chi connectivity index (χ0v) is 78.0. The lowest BCUT2D eigenvalue weighted by Gasteiger charge is -2.44. The maximum Gasteiger partial charge on any atom is -0.0205 e. The average Bonchev–Trinajstić information content (AvgIpc) is 0.814. The molecule has 0 fully saturated rings. The van der Waals surface area contributed by atoms with Crippen LogP contribution in [0.2, 0.25) is 0 Å². The molecule has 6 atom stereocenters. The topological polar surface area (TPSA) is 0 Å². The summed E-state index contributed by atoms with van der Waals surface area (Å²) >= 11 is 0. The van der Waals surface area contributed by atoms with Crippen LogP contribution in [0.25, 0.3) is 0 Å². The quantitative estimate of drug-likeness (QED) is 0.0421. The highest BCUT2D eigenvalue weighted by molar-refractivity contribution is 4.94. The van der Waals surface area contributed by atoms with Crippen LogP contribution in [0, 0.1) is 35.5 Å². The van der Waals surface area contributed by atoms with Gasteiger partial charge in [-0.2, -0.15) is 0 Å². The Labute approximate surface area is 710 Å². The van der Waals surface area contributed by atoms with E-state index < -0.39 is 0 Å². The van der Waals surface area contributed by atoms with Crippen molar-refractivity contribution in [1.82, 2.24) is 0 Å². The number of hydrogen-bond donors (Lipinski definition) is 0. The minimum Gasteiger partial charge on any atom is -0.103 e. The van der Waals surface area contributed by atoms with Gasteiger partial charge in [0.25, 0.3) is 0 Å². The Morgan fingerprint density at radius 2 is 0.357 bits per heavy atom. The third kappa shape index (κ3) is 80.6. The van der Waals surface area contributed by atoms with Crippen molar-refractivity contribution in [3.63, 3.8) is 0 Å². The van der Waals surface area contributed by atoms with Crippen molar-refractivity contribution in [2.24, 2.45) is 35.5 Å². The summed E-state index contributed by atoms with van der Waals surface area (Å²) in [6.45, 7) is 33.6. The first kappa shape index (κ1) is 110. The first-order valence-corrected chi connectivity index (χ1v) is 52.8. The second-order valence-corrected chi connectivity index (χ2v) is 37.8. The summed E-state index contributed by atoms with van der Waals surface area (Å²) in [7, 11) is 0. The van der Waals surface area contributed by atoms with Gasteiger partial charge in [0.2, 0.25) is 0 Å². The van der Waals surface area contributed by atoms with Crippen LogP contribution in [-0.2, 0) is 0 Å². The van der Waals surface area contributed by atoms with Crippen molar-refractivity contribution >= 4 is 0 Å². The molecule has 0 nitrogen and oxygen atoms in total. The van der Waals surface area contributed by atoms with E-state index in [1.165, 1.54) is 583 Å². The van der Waals surface area contributed by atoms with Gasteiger partial charge < -0.3 is 0 Å². The molecule has 0 aliphatic rings. The fourth-order valence-electron chi connectivity index (χ4n) is 19.9. The van der Waals surface area contributed by atoms with Crippen molar-refractivity contribution in [3.05, 3.63) is 88.1 Å². The Morgan fingerprint density at radius 3 is 0.571 bits per heavy atom. The van der Waals surface area contributed by atoms with Gasteiger partial charge in [-0.15, -0.1) is 46.1 Å². The molecule has 0 aliphatic carbocycles. The van der Waals surface area contributed by atoms with E-state index in [4.69, 9.17) is 6.58 Å². The van der Waals surface area contributed by atoms with E-state index in [9.17, 15) is 0 Å². The molecule has 0 heteroatoms. The molecular weight excluding hydrogens is 1350 g/mol. The SMILES string of the molecule is C=CCCCCCCCCCCCCCCC(C=C)C(CCCCCCCCCCCCCCC=C)C(CCCCCCCCCCCCCCC=C)C(CCCCCCCCCCCCCCC=C)C(CCCCCCCCCCCCCCC=C)C(CCCCCCCC)CCCCCCCCCCCCCC(=C)C. The van der Waals surface area contributed by atoms with Gasteiger partial charge in [-0.25, -0.2) is 0 Å². The molecule has 0 saturated heterocycles. The lowest BCUT2D eigenvalue weighted by atomic mass is 9.61. The second-order valence-electron chi connectivity index (χ2n) is 37.8. The van der Waals surface area contributed by atoms with Crippen LogP contribution < -0.4 is 0 Å². The Bertz CT molecular complexity index is 1840. The predicted octanol–water partition coefficient (Wildman–Crippen LogP) is 41.5. The molecule has 0 N–H and O–H groups in total. The smallest absolute Gasteiger partial charge is 0.0205 e. The summed E-state index contributed by atoms with van der Waals surface area (Å²) in [6.07, 6.45) is 142. The summed E-state index contributed by atoms with van der Waals surface area (Å²) < 4.78 is 0. The third-order valence-corrected chi connectivity index (χ3v) is 27.2. The molecule has 0 aromatic heterocycles. The Kier molecular flexibility index (Phi) is 94.7. The van der Waals surface area contributed by atoms with Crippen LogP contribution in [0.4, 0.5) is 0 Å². The number of rotatable bonds is 102. The van der Waals surface area contributed by atoms with Crippen molar-refractivity contribution in [2.75, 3.05) is 0 Å². The molecular formula is C112H212. The number of allylic oxidation sites excluding steroid dienone is 7. The lowest BCUT2D eigenvalue weighted by Crippen LogP contribution is -2.36. The lowest BCUT2D eigenvalue weighted by molar-refractivity contribution is 0.0564. The highest BCUT2D eigenvalue weighted by Crippen LogP contribution is 2.48. The van der Waals surface area contributed by atoms with Crippen LogP contribution in [-0.4, -0.2) is 0 Å². The summed E-state index contributed by atoms with van der Waals surface area (Å²) in [4.78, 5) is 0. The molecule has 0 heterocycles. The minimum atomic E-state index is 0.668. The molecule has 6 unspecified atom stereocenters. The molecule has 0 aliphatic heterocycles.